The maximum Gasteiger partial charge on any atom is 0.232 e. The molecular formula is C17H18ClFN2O3S. The van der Waals surface area contributed by atoms with E-state index < -0.39 is 15.8 Å². The summed E-state index contributed by atoms with van der Waals surface area (Å²) in [7, 11) is -3.55. The van der Waals surface area contributed by atoms with Crippen LogP contribution in [-0.4, -0.2) is 27.1 Å². The van der Waals surface area contributed by atoms with Crippen molar-refractivity contribution in [1.29, 1.82) is 0 Å². The van der Waals surface area contributed by atoms with Gasteiger partial charge >= 0.3 is 0 Å². The van der Waals surface area contributed by atoms with Crippen LogP contribution in [0.1, 0.15) is 12.0 Å². The molecule has 0 unspecified atom stereocenters. The summed E-state index contributed by atoms with van der Waals surface area (Å²) in [6.45, 7) is 0.0227. The Morgan fingerprint density at radius 3 is 2.40 bits per heavy atom. The number of benzene rings is 2. The Hall–Kier alpha value is -2.12. The van der Waals surface area contributed by atoms with Crippen molar-refractivity contribution in [2.24, 2.45) is 0 Å². The Balaban J connectivity index is 1.97. The van der Waals surface area contributed by atoms with Crippen LogP contribution < -0.4 is 9.62 Å². The Labute approximate surface area is 151 Å². The minimum atomic E-state index is -3.55. The normalized spacial score (nSPS) is 11.2. The van der Waals surface area contributed by atoms with Crippen LogP contribution in [0.5, 0.6) is 0 Å². The van der Waals surface area contributed by atoms with Crippen LogP contribution in [0.4, 0.5) is 10.1 Å². The van der Waals surface area contributed by atoms with Gasteiger partial charge in [0.25, 0.3) is 0 Å². The molecule has 2 aromatic rings. The summed E-state index contributed by atoms with van der Waals surface area (Å²) in [5.41, 5.74) is 0.794. The Morgan fingerprint density at radius 2 is 1.80 bits per heavy atom. The number of anilines is 1. The number of carbonyl (C=O) groups excluding carboxylic acids is 1. The summed E-state index contributed by atoms with van der Waals surface area (Å²) in [5.74, 6) is -0.771. The van der Waals surface area contributed by atoms with Gasteiger partial charge in [0.15, 0.2) is 0 Å². The largest absolute Gasteiger partial charge is 0.352 e. The third-order valence-corrected chi connectivity index (χ3v) is 4.94. The van der Waals surface area contributed by atoms with Gasteiger partial charge in [-0.1, -0.05) is 29.8 Å². The lowest BCUT2D eigenvalue weighted by Crippen LogP contribution is -2.34. The molecule has 2 rings (SSSR count). The Kier molecular flexibility index (Phi) is 6.39. The van der Waals surface area contributed by atoms with Gasteiger partial charge < -0.3 is 5.32 Å². The van der Waals surface area contributed by atoms with Crippen LogP contribution in [0.2, 0.25) is 5.02 Å². The molecule has 0 radical (unpaired) electrons. The summed E-state index contributed by atoms with van der Waals surface area (Å²) in [5, 5.41) is 3.07. The van der Waals surface area contributed by atoms with Gasteiger partial charge in [0.05, 0.1) is 11.9 Å². The van der Waals surface area contributed by atoms with E-state index in [2.05, 4.69) is 5.32 Å². The highest BCUT2D eigenvalue weighted by molar-refractivity contribution is 7.92. The standard InChI is InChI=1S/C17H18ClFN2O3S/c1-25(23,24)21(15-8-6-14(18)7-9-15)11-10-17(22)20-12-13-4-2-3-5-16(13)19/h2-9H,10-12H2,1H3,(H,20,22). The van der Waals surface area contributed by atoms with Gasteiger partial charge in [0, 0.05) is 30.1 Å². The molecule has 1 amide bonds. The average molecular weight is 385 g/mol. The number of nitrogens with one attached hydrogen (secondary N) is 1. The molecule has 134 valence electrons. The first kappa shape index (κ1) is 19.2. The highest BCUT2D eigenvalue weighted by Crippen LogP contribution is 2.20. The van der Waals surface area contributed by atoms with E-state index in [1.807, 2.05) is 0 Å². The minimum Gasteiger partial charge on any atom is -0.352 e. The van der Waals surface area contributed by atoms with Crippen LogP contribution in [0.15, 0.2) is 48.5 Å². The highest BCUT2D eigenvalue weighted by Gasteiger charge is 2.18. The summed E-state index contributed by atoms with van der Waals surface area (Å²) >= 11 is 5.81. The molecule has 0 aliphatic rings. The lowest BCUT2D eigenvalue weighted by molar-refractivity contribution is -0.121. The summed E-state index contributed by atoms with van der Waals surface area (Å²) in [6, 6.07) is 12.4. The highest BCUT2D eigenvalue weighted by atomic mass is 35.5. The number of halogens is 2. The molecule has 0 aromatic heterocycles. The zero-order valence-electron chi connectivity index (χ0n) is 13.6. The van der Waals surface area contributed by atoms with Crippen molar-refractivity contribution in [3.63, 3.8) is 0 Å². The van der Waals surface area contributed by atoms with Crippen LogP contribution in [0.25, 0.3) is 0 Å². The van der Waals surface area contributed by atoms with Gasteiger partial charge in [-0.3, -0.25) is 9.10 Å². The third kappa shape index (κ3) is 5.72. The molecule has 8 heteroatoms. The molecule has 25 heavy (non-hydrogen) atoms. The Bertz CT molecular complexity index is 841. The molecule has 0 aliphatic carbocycles. The fraction of sp³-hybridized carbons (Fsp3) is 0.235. The number of nitrogens with zero attached hydrogens (tertiary/aromatic N) is 1. The van der Waals surface area contributed by atoms with E-state index in [9.17, 15) is 17.6 Å². The van der Waals surface area contributed by atoms with Gasteiger partial charge in [-0.25, -0.2) is 12.8 Å². The maximum atomic E-state index is 13.5. The SMILES string of the molecule is CS(=O)(=O)N(CCC(=O)NCc1ccccc1F)c1ccc(Cl)cc1. The van der Waals surface area contributed by atoms with E-state index in [0.29, 0.717) is 16.3 Å². The van der Waals surface area contributed by atoms with E-state index in [4.69, 9.17) is 11.6 Å². The smallest absolute Gasteiger partial charge is 0.232 e. The van der Waals surface area contributed by atoms with E-state index in [1.54, 1.807) is 42.5 Å². The predicted molar refractivity (Wildman–Crippen MR) is 96.5 cm³/mol. The lowest BCUT2D eigenvalue weighted by Gasteiger charge is -2.22. The van der Waals surface area contributed by atoms with E-state index in [-0.39, 0.29) is 25.4 Å². The topological polar surface area (TPSA) is 66.5 Å². The van der Waals surface area contributed by atoms with Crippen molar-refractivity contribution in [3.05, 3.63) is 64.9 Å². The molecule has 0 heterocycles. The fourth-order valence-electron chi connectivity index (χ4n) is 2.22. The first-order chi connectivity index (χ1) is 11.8. The number of amides is 1. The van der Waals surface area contributed by atoms with Crippen molar-refractivity contribution in [2.75, 3.05) is 17.1 Å². The zero-order chi connectivity index (χ0) is 18.4. The monoisotopic (exact) mass is 384 g/mol. The quantitative estimate of drug-likeness (QED) is 0.798. The van der Waals surface area contributed by atoms with Crippen molar-refractivity contribution in [2.45, 2.75) is 13.0 Å². The first-order valence-corrected chi connectivity index (χ1v) is 9.73. The molecule has 0 bridgehead atoms. The molecule has 1 N–H and O–H groups in total. The van der Waals surface area contributed by atoms with Gasteiger partial charge in [-0.15, -0.1) is 0 Å². The predicted octanol–water partition coefficient (Wildman–Crippen LogP) is 2.95. The van der Waals surface area contributed by atoms with Crippen LogP contribution in [-0.2, 0) is 21.4 Å². The number of hydrogen-bond acceptors (Lipinski definition) is 3. The molecule has 0 aliphatic heterocycles. The molecule has 0 saturated heterocycles. The number of rotatable bonds is 7. The Morgan fingerprint density at radius 1 is 1.16 bits per heavy atom. The number of hydrogen-bond donors (Lipinski definition) is 1. The summed E-state index contributed by atoms with van der Waals surface area (Å²) in [6.07, 6.45) is 1.02. The van der Waals surface area contributed by atoms with Gasteiger partial charge in [0.2, 0.25) is 15.9 Å². The second kappa shape index (κ2) is 8.31. The van der Waals surface area contributed by atoms with Crippen LogP contribution >= 0.6 is 11.6 Å². The van der Waals surface area contributed by atoms with Crippen molar-refractivity contribution in [3.8, 4) is 0 Å². The van der Waals surface area contributed by atoms with E-state index >= 15 is 0 Å². The van der Waals surface area contributed by atoms with Crippen molar-refractivity contribution >= 4 is 33.2 Å². The molecule has 0 saturated carbocycles. The van der Waals surface area contributed by atoms with Crippen LogP contribution in [0, 0.1) is 5.82 Å². The van der Waals surface area contributed by atoms with E-state index in [0.717, 1.165) is 10.6 Å². The minimum absolute atomic E-state index is 0.0242. The zero-order valence-corrected chi connectivity index (χ0v) is 15.1. The lowest BCUT2D eigenvalue weighted by atomic mass is 10.2. The second-order valence-corrected chi connectivity index (χ2v) is 7.77. The second-order valence-electron chi connectivity index (χ2n) is 5.43. The molecule has 0 spiro atoms. The molecular weight excluding hydrogens is 367 g/mol. The summed E-state index contributed by atoms with van der Waals surface area (Å²) in [4.78, 5) is 12.0. The average Bonchev–Trinajstić information content (AvgIpc) is 2.55. The third-order valence-electron chi connectivity index (χ3n) is 3.49. The number of sulfonamides is 1. The summed E-state index contributed by atoms with van der Waals surface area (Å²) < 4.78 is 38.6. The number of carbonyl (C=O) groups is 1. The maximum absolute atomic E-state index is 13.5. The fourth-order valence-corrected chi connectivity index (χ4v) is 3.27. The van der Waals surface area contributed by atoms with Crippen LogP contribution in [0.3, 0.4) is 0 Å². The first-order valence-electron chi connectivity index (χ1n) is 7.51. The molecule has 2 aromatic carbocycles. The van der Waals surface area contributed by atoms with Crippen molar-refractivity contribution in [1.82, 2.24) is 5.32 Å². The van der Waals surface area contributed by atoms with Crippen molar-refractivity contribution < 1.29 is 17.6 Å². The van der Waals surface area contributed by atoms with Gasteiger partial charge in [-0.2, -0.15) is 0 Å². The molecule has 0 fully saturated rings. The van der Waals surface area contributed by atoms with E-state index in [1.165, 1.54) is 6.07 Å². The van der Waals surface area contributed by atoms with Gasteiger partial charge in [-0.05, 0) is 30.3 Å². The van der Waals surface area contributed by atoms with Gasteiger partial charge in [0.1, 0.15) is 5.82 Å². The molecule has 5 nitrogen and oxygen atoms in total. The molecule has 0 atom stereocenters.